The van der Waals surface area contributed by atoms with E-state index in [1.807, 2.05) is 0 Å². The number of amides is 1. The van der Waals surface area contributed by atoms with Crippen LogP contribution >= 0.6 is 0 Å². The molecule has 19 heavy (non-hydrogen) atoms. The number of carboxylic acid groups (broad SMARTS) is 1. The van der Waals surface area contributed by atoms with E-state index in [0.29, 0.717) is 12.5 Å². The molecule has 1 aliphatic carbocycles. The van der Waals surface area contributed by atoms with Crippen molar-refractivity contribution in [3.63, 3.8) is 0 Å². The Labute approximate surface area is 112 Å². The monoisotopic (exact) mass is 261 g/mol. The van der Waals surface area contributed by atoms with Gasteiger partial charge in [0.15, 0.2) is 0 Å². The number of nitrogens with one attached hydrogen (secondary N) is 1. The number of carbonyl (C=O) groups excluding carboxylic acids is 1. The molecule has 4 nitrogen and oxygen atoms in total. The SMILES string of the molecule is O=C(O)c1ccccc1C(=O)NCC1CCCCC1. The van der Waals surface area contributed by atoms with Crippen molar-refractivity contribution in [1.29, 1.82) is 0 Å². The topological polar surface area (TPSA) is 66.4 Å². The van der Waals surface area contributed by atoms with Gasteiger partial charge in [-0.3, -0.25) is 4.79 Å². The third-order valence-electron chi connectivity index (χ3n) is 3.68. The maximum atomic E-state index is 12.0. The van der Waals surface area contributed by atoms with Crippen molar-refractivity contribution in [3.05, 3.63) is 35.4 Å². The fourth-order valence-electron chi connectivity index (χ4n) is 2.59. The first-order chi connectivity index (χ1) is 9.18. The Kier molecular flexibility index (Phi) is 4.55. The number of rotatable bonds is 4. The van der Waals surface area contributed by atoms with Crippen LogP contribution in [0.25, 0.3) is 0 Å². The summed E-state index contributed by atoms with van der Waals surface area (Å²) in [5.41, 5.74) is 0.300. The molecule has 0 spiro atoms. The molecule has 1 aliphatic rings. The molecule has 4 heteroatoms. The van der Waals surface area contributed by atoms with E-state index in [2.05, 4.69) is 5.32 Å². The smallest absolute Gasteiger partial charge is 0.336 e. The zero-order chi connectivity index (χ0) is 13.7. The fourth-order valence-corrected chi connectivity index (χ4v) is 2.59. The van der Waals surface area contributed by atoms with E-state index in [9.17, 15) is 9.59 Å². The third-order valence-corrected chi connectivity index (χ3v) is 3.68. The Morgan fingerprint density at radius 3 is 2.37 bits per heavy atom. The number of carboxylic acids is 1. The zero-order valence-electron chi connectivity index (χ0n) is 10.9. The summed E-state index contributed by atoms with van der Waals surface area (Å²) in [4.78, 5) is 23.1. The molecule has 0 aliphatic heterocycles. The van der Waals surface area contributed by atoms with E-state index in [-0.39, 0.29) is 17.0 Å². The van der Waals surface area contributed by atoms with Gasteiger partial charge in [0, 0.05) is 6.54 Å². The minimum Gasteiger partial charge on any atom is -0.478 e. The largest absolute Gasteiger partial charge is 0.478 e. The minimum absolute atomic E-state index is 0.0589. The highest BCUT2D eigenvalue weighted by Crippen LogP contribution is 2.22. The Bertz CT molecular complexity index is 464. The molecule has 2 rings (SSSR count). The van der Waals surface area contributed by atoms with Crippen LogP contribution in [-0.2, 0) is 0 Å². The molecule has 2 N–H and O–H groups in total. The van der Waals surface area contributed by atoms with E-state index < -0.39 is 5.97 Å². The number of hydrogen-bond donors (Lipinski definition) is 2. The second-order valence-corrected chi connectivity index (χ2v) is 5.06. The molecule has 1 amide bonds. The normalized spacial score (nSPS) is 16.0. The van der Waals surface area contributed by atoms with E-state index in [1.165, 1.54) is 25.3 Å². The van der Waals surface area contributed by atoms with Crippen molar-refractivity contribution >= 4 is 11.9 Å². The zero-order valence-corrected chi connectivity index (χ0v) is 10.9. The van der Waals surface area contributed by atoms with Gasteiger partial charge in [-0.25, -0.2) is 4.79 Å². The van der Waals surface area contributed by atoms with Crippen molar-refractivity contribution in [2.24, 2.45) is 5.92 Å². The van der Waals surface area contributed by atoms with Crippen LogP contribution in [0.1, 0.15) is 52.8 Å². The first-order valence-corrected chi connectivity index (χ1v) is 6.79. The van der Waals surface area contributed by atoms with Gasteiger partial charge in [0.2, 0.25) is 0 Å². The fraction of sp³-hybridized carbons (Fsp3) is 0.467. The highest BCUT2D eigenvalue weighted by atomic mass is 16.4. The van der Waals surface area contributed by atoms with Gasteiger partial charge in [0.1, 0.15) is 0 Å². The van der Waals surface area contributed by atoms with E-state index in [4.69, 9.17) is 5.11 Å². The molecule has 1 saturated carbocycles. The second-order valence-electron chi connectivity index (χ2n) is 5.06. The lowest BCUT2D eigenvalue weighted by Crippen LogP contribution is -2.31. The molecule has 1 aromatic carbocycles. The Morgan fingerprint density at radius 1 is 1.11 bits per heavy atom. The van der Waals surface area contributed by atoms with Crippen LogP contribution in [-0.4, -0.2) is 23.5 Å². The summed E-state index contributed by atoms with van der Waals surface area (Å²) in [5, 5.41) is 11.9. The van der Waals surface area contributed by atoms with E-state index >= 15 is 0 Å². The first-order valence-electron chi connectivity index (χ1n) is 6.79. The number of benzene rings is 1. The minimum atomic E-state index is -1.07. The first kappa shape index (κ1) is 13.6. The standard InChI is InChI=1S/C15H19NO3/c17-14(16-10-11-6-2-1-3-7-11)12-8-4-5-9-13(12)15(18)19/h4-5,8-9,11H,1-3,6-7,10H2,(H,16,17)(H,18,19). The lowest BCUT2D eigenvalue weighted by molar-refractivity contribution is 0.0690. The number of hydrogen-bond acceptors (Lipinski definition) is 2. The van der Waals surface area contributed by atoms with Gasteiger partial charge in [-0.1, -0.05) is 31.4 Å². The van der Waals surface area contributed by atoms with Crippen molar-refractivity contribution in [3.8, 4) is 0 Å². The van der Waals surface area contributed by atoms with Gasteiger partial charge < -0.3 is 10.4 Å². The molecule has 1 fully saturated rings. The maximum Gasteiger partial charge on any atom is 0.336 e. The number of aromatic carboxylic acids is 1. The van der Waals surface area contributed by atoms with E-state index in [0.717, 1.165) is 12.8 Å². The summed E-state index contributed by atoms with van der Waals surface area (Å²) in [5.74, 6) is -0.818. The molecule has 102 valence electrons. The lowest BCUT2D eigenvalue weighted by Gasteiger charge is -2.21. The van der Waals surface area contributed by atoms with Crippen molar-refractivity contribution in [2.45, 2.75) is 32.1 Å². The predicted molar refractivity (Wildman–Crippen MR) is 72.3 cm³/mol. The molecule has 0 bridgehead atoms. The van der Waals surface area contributed by atoms with Crippen LogP contribution in [0.4, 0.5) is 0 Å². The number of carbonyl (C=O) groups is 2. The summed E-state index contributed by atoms with van der Waals surface area (Å²) in [6.07, 6.45) is 6.05. The van der Waals surface area contributed by atoms with Crippen LogP contribution in [0.3, 0.4) is 0 Å². The van der Waals surface area contributed by atoms with Gasteiger partial charge in [-0.05, 0) is 30.9 Å². The molecule has 0 saturated heterocycles. The van der Waals surface area contributed by atoms with Gasteiger partial charge in [-0.2, -0.15) is 0 Å². The van der Waals surface area contributed by atoms with Crippen LogP contribution in [0.15, 0.2) is 24.3 Å². The Morgan fingerprint density at radius 2 is 1.74 bits per heavy atom. The molecule has 0 aromatic heterocycles. The lowest BCUT2D eigenvalue weighted by atomic mass is 9.89. The van der Waals surface area contributed by atoms with Crippen LogP contribution in [0.2, 0.25) is 0 Å². The quantitative estimate of drug-likeness (QED) is 0.875. The summed E-state index contributed by atoms with van der Waals surface area (Å²) >= 11 is 0. The summed E-state index contributed by atoms with van der Waals surface area (Å²) in [6, 6.07) is 6.32. The average molecular weight is 261 g/mol. The van der Waals surface area contributed by atoms with Crippen LogP contribution in [0.5, 0.6) is 0 Å². The molecule has 0 atom stereocenters. The Balaban J connectivity index is 1.97. The van der Waals surface area contributed by atoms with Crippen LogP contribution < -0.4 is 5.32 Å². The molecular formula is C15H19NO3. The molecule has 0 radical (unpaired) electrons. The van der Waals surface area contributed by atoms with Gasteiger partial charge in [0.05, 0.1) is 11.1 Å². The van der Waals surface area contributed by atoms with E-state index in [1.54, 1.807) is 18.2 Å². The second kappa shape index (κ2) is 6.36. The summed E-state index contributed by atoms with van der Waals surface area (Å²) < 4.78 is 0. The predicted octanol–water partition coefficient (Wildman–Crippen LogP) is 2.69. The maximum absolute atomic E-state index is 12.0. The summed E-state index contributed by atoms with van der Waals surface area (Å²) in [7, 11) is 0. The summed E-state index contributed by atoms with van der Waals surface area (Å²) in [6.45, 7) is 0.646. The average Bonchev–Trinajstić information content (AvgIpc) is 2.46. The van der Waals surface area contributed by atoms with Crippen molar-refractivity contribution in [1.82, 2.24) is 5.32 Å². The molecular weight excluding hydrogens is 242 g/mol. The van der Waals surface area contributed by atoms with Crippen molar-refractivity contribution < 1.29 is 14.7 Å². The molecule has 1 aromatic rings. The molecule has 0 heterocycles. The van der Waals surface area contributed by atoms with Gasteiger partial charge >= 0.3 is 5.97 Å². The van der Waals surface area contributed by atoms with Crippen molar-refractivity contribution in [2.75, 3.05) is 6.54 Å². The van der Waals surface area contributed by atoms with Crippen LogP contribution in [0, 0.1) is 5.92 Å². The highest BCUT2D eigenvalue weighted by Gasteiger charge is 2.18. The molecule has 0 unspecified atom stereocenters. The van der Waals surface area contributed by atoms with Gasteiger partial charge in [-0.15, -0.1) is 0 Å². The van der Waals surface area contributed by atoms with Gasteiger partial charge in [0.25, 0.3) is 5.91 Å². The third kappa shape index (κ3) is 3.56. The highest BCUT2D eigenvalue weighted by molar-refractivity contribution is 6.04. The Hall–Kier alpha value is -1.84.